The van der Waals surface area contributed by atoms with Crippen LogP contribution in [0.25, 0.3) is 0 Å². The van der Waals surface area contributed by atoms with Crippen molar-refractivity contribution in [2.75, 3.05) is 0 Å². The van der Waals surface area contributed by atoms with E-state index < -0.39 is 0 Å². The standard InChI is InChI=1S/C11H12ClN/c1-8-3-2-4-9-7-10(12)5-6-11(9)13-8/h5-7H,2-4H2,1H3. The van der Waals surface area contributed by atoms with Crippen LogP contribution >= 0.6 is 11.6 Å². The highest BCUT2D eigenvalue weighted by Crippen LogP contribution is 2.27. The van der Waals surface area contributed by atoms with Crippen LogP contribution in [0.2, 0.25) is 5.02 Å². The molecule has 68 valence electrons. The number of nitrogens with zero attached hydrogens (tertiary/aromatic N) is 1. The normalized spacial score (nSPS) is 16.0. The van der Waals surface area contributed by atoms with Gasteiger partial charge in [-0.05, 0) is 49.9 Å². The second-order valence-electron chi connectivity index (χ2n) is 3.47. The highest BCUT2D eigenvalue weighted by Gasteiger charge is 2.07. The third-order valence-electron chi connectivity index (χ3n) is 2.34. The summed E-state index contributed by atoms with van der Waals surface area (Å²) in [4.78, 5) is 4.54. The highest BCUT2D eigenvalue weighted by atomic mass is 35.5. The predicted octanol–water partition coefficient (Wildman–Crippen LogP) is 3.77. The molecule has 1 aromatic carbocycles. The number of benzene rings is 1. The van der Waals surface area contributed by atoms with E-state index in [1.54, 1.807) is 0 Å². The summed E-state index contributed by atoms with van der Waals surface area (Å²) >= 11 is 5.92. The zero-order valence-corrected chi connectivity index (χ0v) is 8.43. The molecular weight excluding hydrogens is 182 g/mol. The molecular formula is C11H12ClN. The van der Waals surface area contributed by atoms with Gasteiger partial charge in [0.25, 0.3) is 0 Å². The molecule has 0 amide bonds. The summed E-state index contributed by atoms with van der Waals surface area (Å²) in [6, 6.07) is 5.94. The van der Waals surface area contributed by atoms with E-state index in [0.717, 1.165) is 23.6 Å². The van der Waals surface area contributed by atoms with Crippen LogP contribution in [-0.2, 0) is 6.42 Å². The maximum atomic E-state index is 5.92. The number of hydrogen-bond donors (Lipinski definition) is 0. The number of rotatable bonds is 0. The molecule has 1 heterocycles. The Morgan fingerprint density at radius 1 is 1.31 bits per heavy atom. The van der Waals surface area contributed by atoms with Crippen LogP contribution in [0.1, 0.15) is 25.3 Å². The summed E-state index contributed by atoms with van der Waals surface area (Å²) in [5, 5.41) is 0.813. The van der Waals surface area contributed by atoms with Crippen LogP contribution in [0.4, 0.5) is 5.69 Å². The van der Waals surface area contributed by atoms with E-state index in [1.807, 2.05) is 18.2 Å². The first kappa shape index (κ1) is 8.76. The maximum Gasteiger partial charge on any atom is 0.0661 e. The Kier molecular flexibility index (Phi) is 2.36. The Morgan fingerprint density at radius 3 is 3.00 bits per heavy atom. The van der Waals surface area contributed by atoms with Crippen molar-refractivity contribution in [1.82, 2.24) is 0 Å². The van der Waals surface area contributed by atoms with E-state index in [9.17, 15) is 0 Å². The molecule has 0 aliphatic carbocycles. The number of fused-ring (bicyclic) bond motifs is 1. The maximum absolute atomic E-state index is 5.92. The third kappa shape index (κ3) is 1.92. The van der Waals surface area contributed by atoms with Crippen LogP contribution < -0.4 is 0 Å². The van der Waals surface area contributed by atoms with Gasteiger partial charge in [-0.2, -0.15) is 0 Å². The number of aryl methyl sites for hydroxylation is 1. The highest BCUT2D eigenvalue weighted by molar-refractivity contribution is 6.30. The van der Waals surface area contributed by atoms with Gasteiger partial charge in [-0.1, -0.05) is 11.6 Å². The Balaban J connectivity index is 2.48. The molecule has 0 spiro atoms. The molecule has 0 atom stereocenters. The first-order valence-corrected chi connectivity index (χ1v) is 4.96. The average Bonchev–Trinajstić information content (AvgIpc) is 2.25. The van der Waals surface area contributed by atoms with Crippen LogP contribution in [0.15, 0.2) is 23.2 Å². The van der Waals surface area contributed by atoms with Crippen LogP contribution in [0.3, 0.4) is 0 Å². The summed E-state index contributed by atoms with van der Waals surface area (Å²) in [5.74, 6) is 0. The minimum Gasteiger partial charge on any atom is -0.258 e. The molecule has 0 radical (unpaired) electrons. The lowest BCUT2D eigenvalue weighted by atomic mass is 10.1. The number of aliphatic imine (C=N–C) groups is 1. The smallest absolute Gasteiger partial charge is 0.0661 e. The van der Waals surface area contributed by atoms with E-state index in [-0.39, 0.29) is 0 Å². The third-order valence-corrected chi connectivity index (χ3v) is 2.57. The Hall–Kier alpha value is -0.820. The molecule has 1 aliphatic rings. The van der Waals surface area contributed by atoms with E-state index in [0.29, 0.717) is 0 Å². The van der Waals surface area contributed by atoms with Gasteiger partial charge in [0, 0.05) is 10.7 Å². The van der Waals surface area contributed by atoms with E-state index in [2.05, 4.69) is 11.9 Å². The van der Waals surface area contributed by atoms with Gasteiger partial charge in [0.15, 0.2) is 0 Å². The Bertz CT molecular complexity index is 355. The lowest BCUT2D eigenvalue weighted by Crippen LogP contribution is -1.87. The molecule has 1 aromatic rings. The van der Waals surface area contributed by atoms with E-state index in [4.69, 9.17) is 11.6 Å². The monoisotopic (exact) mass is 193 g/mol. The van der Waals surface area contributed by atoms with Gasteiger partial charge >= 0.3 is 0 Å². The second-order valence-corrected chi connectivity index (χ2v) is 3.91. The molecule has 0 unspecified atom stereocenters. The van der Waals surface area contributed by atoms with Gasteiger partial charge in [0.1, 0.15) is 0 Å². The quantitative estimate of drug-likeness (QED) is 0.595. The fourth-order valence-electron chi connectivity index (χ4n) is 1.66. The molecule has 2 heteroatoms. The molecule has 0 bridgehead atoms. The summed E-state index contributed by atoms with van der Waals surface area (Å²) in [6.45, 7) is 2.09. The average molecular weight is 194 g/mol. The van der Waals surface area contributed by atoms with E-state index in [1.165, 1.54) is 17.7 Å². The molecule has 0 saturated carbocycles. The van der Waals surface area contributed by atoms with Crippen molar-refractivity contribution in [1.29, 1.82) is 0 Å². The minimum atomic E-state index is 0.813. The predicted molar refractivity (Wildman–Crippen MR) is 57.2 cm³/mol. The molecule has 2 rings (SSSR count). The minimum absolute atomic E-state index is 0.813. The van der Waals surface area contributed by atoms with Crippen molar-refractivity contribution in [3.63, 3.8) is 0 Å². The summed E-state index contributed by atoms with van der Waals surface area (Å²) < 4.78 is 0. The lowest BCUT2D eigenvalue weighted by Gasteiger charge is -2.01. The van der Waals surface area contributed by atoms with Crippen molar-refractivity contribution in [2.45, 2.75) is 26.2 Å². The number of halogens is 1. The Morgan fingerprint density at radius 2 is 2.15 bits per heavy atom. The molecule has 13 heavy (non-hydrogen) atoms. The molecule has 0 N–H and O–H groups in total. The van der Waals surface area contributed by atoms with Crippen molar-refractivity contribution < 1.29 is 0 Å². The lowest BCUT2D eigenvalue weighted by molar-refractivity contribution is 0.876. The molecule has 1 aliphatic heterocycles. The largest absolute Gasteiger partial charge is 0.258 e. The zero-order valence-electron chi connectivity index (χ0n) is 7.68. The first-order chi connectivity index (χ1) is 6.25. The van der Waals surface area contributed by atoms with Crippen molar-refractivity contribution in [3.05, 3.63) is 28.8 Å². The fraction of sp³-hybridized carbons (Fsp3) is 0.364. The molecule has 0 saturated heterocycles. The number of hydrogen-bond acceptors (Lipinski definition) is 1. The van der Waals surface area contributed by atoms with Gasteiger partial charge in [0.2, 0.25) is 0 Å². The van der Waals surface area contributed by atoms with Gasteiger partial charge < -0.3 is 0 Å². The van der Waals surface area contributed by atoms with Crippen LogP contribution in [0, 0.1) is 0 Å². The van der Waals surface area contributed by atoms with E-state index >= 15 is 0 Å². The van der Waals surface area contributed by atoms with Crippen molar-refractivity contribution in [2.24, 2.45) is 4.99 Å². The molecule has 0 fully saturated rings. The zero-order chi connectivity index (χ0) is 9.26. The summed E-state index contributed by atoms with van der Waals surface area (Å²) in [6.07, 6.45) is 3.38. The van der Waals surface area contributed by atoms with Gasteiger partial charge in [-0.3, -0.25) is 4.99 Å². The summed E-state index contributed by atoms with van der Waals surface area (Å²) in [7, 11) is 0. The molecule has 0 aromatic heterocycles. The van der Waals surface area contributed by atoms with Gasteiger partial charge in [-0.15, -0.1) is 0 Å². The topological polar surface area (TPSA) is 12.4 Å². The summed E-state index contributed by atoms with van der Waals surface area (Å²) in [5.41, 5.74) is 3.60. The van der Waals surface area contributed by atoms with Crippen molar-refractivity contribution >= 4 is 23.0 Å². The Labute approximate surface area is 83.4 Å². The van der Waals surface area contributed by atoms with Crippen LogP contribution in [-0.4, -0.2) is 5.71 Å². The van der Waals surface area contributed by atoms with Gasteiger partial charge in [0.05, 0.1) is 5.69 Å². The van der Waals surface area contributed by atoms with Gasteiger partial charge in [-0.25, -0.2) is 0 Å². The van der Waals surface area contributed by atoms with Crippen LogP contribution in [0.5, 0.6) is 0 Å². The SMILES string of the molecule is CC1=Nc2ccc(Cl)cc2CCC1. The molecule has 1 nitrogen and oxygen atoms in total. The fourth-order valence-corrected chi connectivity index (χ4v) is 1.85. The second kappa shape index (κ2) is 3.51. The first-order valence-electron chi connectivity index (χ1n) is 4.58. The van der Waals surface area contributed by atoms with Crippen molar-refractivity contribution in [3.8, 4) is 0 Å².